The molecule has 1 amide bonds. The van der Waals surface area contributed by atoms with Crippen molar-refractivity contribution < 1.29 is 9.90 Å². The number of aromatic nitrogens is 1. The van der Waals surface area contributed by atoms with E-state index in [1.165, 1.54) is 6.20 Å². The number of aliphatic hydroxyl groups excluding tert-OH is 1. The lowest BCUT2D eigenvalue weighted by Gasteiger charge is -2.15. The molecule has 2 N–H and O–H groups in total. The summed E-state index contributed by atoms with van der Waals surface area (Å²) in [6, 6.07) is 9.88. The van der Waals surface area contributed by atoms with Gasteiger partial charge in [-0.15, -0.1) is 0 Å². The molecular formula is C18H22N2O2. The second-order valence-corrected chi connectivity index (χ2v) is 5.85. The molecule has 0 saturated carbocycles. The predicted molar refractivity (Wildman–Crippen MR) is 87.6 cm³/mol. The Morgan fingerprint density at radius 2 is 2.00 bits per heavy atom. The first-order chi connectivity index (χ1) is 10.5. The van der Waals surface area contributed by atoms with Crippen molar-refractivity contribution in [1.29, 1.82) is 0 Å². The van der Waals surface area contributed by atoms with Crippen LogP contribution in [0.3, 0.4) is 0 Å². The summed E-state index contributed by atoms with van der Waals surface area (Å²) in [6.45, 7) is 6.10. The summed E-state index contributed by atoms with van der Waals surface area (Å²) in [5.74, 6) is -0.112. The summed E-state index contributed by atoms with van der Waals surface area (Å²) in [7, 11) is 0. The summed E-state index contributed by atoms with van der Waals surface area (Å²) in [6.07, 6.45) is 2.74. The van der Waals surface area contributed by atoms with Gasteiger partial charge in [0, 0.05) is 24.5 Å². The van der Waals surface area contributed by atoms with Crippen LogP contribution in [0, 0.1) is 12.8 Å². The van der Waals surface area contributed by atoms with Crippen LogP contribution in [0.2, 0.25) is 0 Å². The fraction of sp³-hybridized carbons (Fsp3) is 0.333. The largest absolute Gasteiger partial charge is 0.391 e. The maximum atomic E-state index is 12.2. The molecule has 1 heterocycles. The molecule has 0 fully saturated rings. The van der Waals surface area contributed by atoms with Crippen molar-refractivity contribution in [2.45, 2.75) is 26.9 Å². The normalized spacial score (nSPS) is 12.2. The second-order valence-electron chi connectivity index (χ2n) is 5.85. The summed E-state index contributed by atoms with van der Waals surface area (Å²) in [4.78, 5) is 16.3. The van der Waals surface area contributed by atoms with Gasteiger partial charge >= 0.3 is 0 Å². The molecule has 116 valence electrons. The highest BCUT2D eigenvalue weighted by atomic mass is 16.3. The van der Waals surface area contributed by atoms with E-state index >= 15 is 0 Å². The lowest BCUT2D eigenvalue weighted by atomic mass is 10.0. The van der Waals surface area contributed by atoms with Crippen molar-refractivity contribution in [2.75, 3.05) is 6.54 Å². The molecule has 1 unspecified atom stereocenters. The van der Waals surface area contributed by atoms with Crippen LogP contribution in [0.4, 0.5) is 0 Å². The first-order valence-electron chi connectivity index (χ1n) is 7.45. The maximum Gasteiger partial charge on any atom is 0.252 e. The summed E-state index contributed by atoms with van der Waals surface area (Å²) in [5, 5.41) is 12.5. The first kappa shape index (κ1) is 16.2. The number of nitrogens with one attached hydrogen (secondary N) is 1. The van der Waals surface area contributed by atoms with Crippen molar-refractivity contribution in [1.82, 2.24) is 10.3 Å². The molecule has 0 aliphatic carbocycles. The lowest BCUT2D eigenvalue weighted by Crippen LogP contribution is -2.34. The predicted octanol–water partition coefficient (Wildman–Crippen LogP) is 2.80. The lowest BCUT2D eigenvalue weighted by molar-refractivity contribution is 0.0871. The van der Waals surface area contributed by atoms with E-state index in [-0.39, 0.29) is 18.4 Å². The van der Waals surface area contributed by atoms with E-state index in [1.54, 1.807) is 6.20 Å². The van der Waals surface area contributed by atoms with Gasteiger partial charge in [-0.05, 0) is 24.5 Å². The van der Waals surface area contributed by atoms with Crippen LogP contribution in [0.1, 0.15) is 29.8 Å². The molecule has 1 aromatic carbocycles. The third-order valence-corrected chi connectivity index (χ3v) is 3.59. The SMILES string of the molecule is Cc1cccc(-c2cncc(C(=O)NCC(O)C(C)C)c2)c1. The van der Waals surface area contributed by atoms with Crippen LogP contribution in [-0.4, -0.2) is 28.6 Å². The Morgan fingerprint density at radius 1 is 1.23 bits per heavy atom. The molecule has 0 saturated heterocycles. The van der Waals surface area contributed by atoms with Crippen molar-refractivity contribution in [3.8, 4) is 11.1 Å². The third-order valence-electron chi connectivity index (χ3n) is 3.59. The number of carbonyl (C=O) groups is 1. The third kappa shape index (κ3) is 4.15. The average molecular weight is 298 g/mol. The second kappa shape index (κ2) is 7.18. The molecule has 0 aliphatic heterocycles. The zero-order chi connectivity index (χ0) is 16.1. The Labute approximate surface area is 131 Å². The monoisotopic (exact) mass is 298 g/mol. The number of rotatable bonds is 5. The topological polar surface area (TPSA) is 62.2 Å². The number of aliphatic hydroxyl groups is 1. The van der Waals surface area contributed by atoms with E-state index in [9.17, 15) is 9.90 Å². The van der Waals surface area contributed by atoms with Crippen molar-refractivity contribution in [2.24, 2.45) is 5.92 Å². The molecule has 1 aromatic heterocycles. The van der Waals surface area contributed by atoms with Crippen LogP contribution >= 0.6 is 0 Å². The van der Waals surface area contributed by atoms with E-state index in [2.05, 4.69) is 16.4 Å². The van der Waals surface area contributed by atoms with Crippen LogP contribution < -0.4 is 5.32 Å². The molecule has 2 rings (SSSR count). The molecule has 4 heteroatoms. The standard InChI is InChI=1S/C18H22N2O2/c1-12(2)17(21)11-20-18(22)16-8-15(9-19-10-16)14-6-4-5-13(3)7-14/h4-10,12,17,21H,11H2,1-3H3,(H,20,22). The average Bonchev–Trinajstić information content (AvgIpc) is 2.52. The van der Waals surface area contributed by atoms with Gasteiger partial charge in [-0.2, -0.15) is 0 Å². The van der Waals surface area contributed by atoms with Gasteiger partial charge in [-0.1, -0.05) is 43.7 Å². The van der Waals surface area contributed by atoms with E-state index in [0.29, 0.717) is 5.56 Å². The Bertz CT molecular complexity index is 653. The van der Waals surface area contributed by atoms with E-state index in [4.69, 9.17) is 0 Å². The van der Waals surface area contributed by atoms with Gasteiger partial charge in [-0.3, -0.25) is 9.78 Å². The maximum absolute atomic E-state index is 12.2. The minimum absolute atomic E-state index is 0.108. The molecule has 2 aromatic rings. The highest BCUT2D eigenvalue weighted by molar-refractivity contribution is 5.95. The zero-order valence-corrected chi connectivity index (χ0v) is 13.2. The quantitative estimate of drug-likeness (QED) is 0.892. The van der Waals surface area contributed by atoms with Gasteiger partial charge in [-0.25, -0.2) is 0 Å². The minimum Gasteiger partial charge on any atom is -0.391 e. The van der Waals surface area contributed by atoms with Gasteiger partial charge in [0.15, 0.2) is 0 Å². The fourth-order valence-corrected chi connectivity index (χ4v) is 2.08. The molecule has 0 bridgehead atoms. The van der Waals surface area contributed by atoms with Crippen LogP contribution in [0.5, 0.6) is 0 Å². The number of aryl methyl sites for hydroxylation is 1. The number of benzene rings is 1. The molecule has 22 heavy (non-hydrogen) atoms. The Hall–Kier alpha value is -2.20. The molecule has 1 atom stereocenters. The van der Waals surface area contributed by atoms with Crippen LogP contribution in [0.25, 0.3) is 11.1 Å². The minimum atomic E-state index is -0.545. The number of carbonyl (C=O) groups excluding carboxylic acids is 1. The number of amides is 1. The van der Waals surface area contributed by atoms with Crippen molar-refractivity contribution >= 4 is 5.91 Å². The van der Waals surface area contributed by atoms with Crippen molar-refractivity contribution in [3.05, 3.63) is 53.9 Å². The number of hydrogen-bond acceptors (Lipinski definition) is 3. The van der Waals surface area contributed by atoms with Gasteiger partial charge < -0.3 is 10.4 Å². The number of nitrogens with zero attached hydrogens (tertiary/aromatic N) is 1. The van der Waals surface area contributed by atoms with Gasteiger partial charge in [0.25, 0.3) is 5.91 Å². The van der Waals surface area contributed by atoms with Gasteiger partial charge in [0.05, 0.1) is 11.7 Å². The van der Waals surface area contributed by atoms with E-state index < -0.39 is 6.10 Å². The first-order valence-corrected chi connectivity index (χ1v) is 7.45. The fourth-order valence-electron chi connectivity index (χ4n) is 2.08. The smallest absolute Gasteiger partial charge is 0.252 e. The Balaban J connectivity index is 2.13. The zero-order valence-electron chi connectivity index (χ0n) is 13.2. The Kier molecular flexibility index (Phi) is 5.28. The number of hydrogen-bond donors (Lipinski definition) is 2. The number of pyridine rings is 1. The summed E-state index contributed by atoms with van der Waals surface area (Å²) >= 11 is 0. The molecule has 4 nitrogen and oxygen atoms in total. The van der Waals surface area contributed by atoms with E-state index in [0.717, 1.165) is 16.7 Å². The van der Waals surface area contributed by atoms with E-state index in [1.807, 2.05) is 45.0 Å². The van der Waals surface area contributed by atoms with Gasteiger partial charge in [0.1, 0.15) is 0 Å². The summed E-state index contributed by atoms with van der Waals surface area (Å²) in [5.41, 5.74) is 3.59. The molecular weight excluding hydrogens is 276 g/mol. The Morgan fingerprint density at radius 3 is 2.68 bits per heavy atom. The highest BCUT2D eigenvalue weighted by Crippen LogP contribution is 2.20. The molecule has 0 spiro atoms. The van der Waals surface area contributed by atoms with Crippen molar-refractivity contribution in [3.63, 3.8) is 0 Å². The van der Waals surface area contributed by atoms with Crippen LogP contribution in [-0.2, 0) is 0 Å². The summed E-state index contributed by atoms with van der Waals surface area (Å²) < 4.78 is 0. The van der Waals surface area contributed by atoms with Crippen LogP contribution in [0.15, 0.2) is 42.7 Å². The molecule has 0 aliphatic rings. The van der Waals surface area contributed by atoms with Gasteiger partial charge in [0.2, 0.25) is 0 Å². The molecule has 0 radical (unpaired) electrons. The highest BCUT2D eigenvalue weighted by Gasteiger charge is 2.12.